The molecule has 0 aliphatic carbocycles. The van der Waals surface area contributed by atoms with Gasteiger partial charge in [0.1, 0.15) is 0 Å². The van der Waals surface area contributed by atoms with E-state index in [0.717, 1.165) is 12.0 Å². The average Bonchev–Trinajstić information content (AvgIpc) is 2.19. The Bertz CT molecular complexity index is 190. The van der Waals surface area contributed by atoms with E-state index in [1.165, 1.54) is 0 Å². The zero-order chi connectivity index (χ0) is 10.9. The van der Waals surface area contributed by atoms with Crippen molar-refractivity contribution in [3.05, 3.63) is 11.6 Å². The van der Waals surface area contributed by atoms with Gasteiger partial charge in [-0.25, -0.2) is 0 Å². The molecule has 0 aromatic heterocycles. The lowest BCUT2D eigenvalue weighted by molar-refractivity contribution is 1.20. The number of hydrogen-bond donors (Lipinski definition) is 2. The lowest BCUT2D eigenvalue weighted by Gasteiger charge is -2.02. The summed E-state index contributed by atoms with van der Waals surface area (Å²) in [5.74, 6) is 0. The van der Waals surface area contributed by atoms with Crippen LogP contribution in [-0.2, 0) is 0 Å². The quantitative estimate of drug-likeness (QED) is 0.621. The molecule has 0 radical (unpaired) electrons. The Balaban J connectivity index is 0. The maximum Gasteiger partial charge on any atom is 0.0773 e. The first-order valence-corrected chi connectivity index (χ1v) is 4.96. The second-order valence-corrected chi connectivity index (χ2v) is 2.50. The Morgan fingerprint density at radius 1 is 1.15 bits per heavy atom. The largest absolute Gasteiger partial charge is 0.303 e. The van der Waals surface area contributed by atoms with Crippen molar-refractivity contribution in [1.29, 1.82) is 10.8 Å². The molecule has 0 fully saturated rings. The standard InChI is InChI=1S/C9H16N2.C2H6/c1-4-6-7(3)9(11)8(10)5-2;1-2/h6,10-11H,4-5H2,1-3H3;1-2H3/b7-6-,10-8?,11-9?;. The van der Waals surface area contributed by atoms with Crippen LogP contribution in [0, 0.1) is 10.8 Å². The summed E-state index contributed by atoms with van der Waals surface area (Å²) >= 11 is 0. The number of rotatable bonds is 4. The summed E-state index contributed by atoms with van der Waals surface area (Å²) in [6.07, 6.45) is 3.56. The van der Waals surface area contributed by atoms with Crippen LogP contribution in [0.15, 0.2) is 11.6 Å². The molecule has 0 aliphatic rings. The van der Waals surface area contributed by atoms with Gasteiger partial charge in [0.05, 0.1) is 11.4 Å². The predicted molar refractivity (Wildman–Crippen MR) is 61.1 cm³/mol. The van der Waals surface area contributed by atoms with Gasteiger partial charge in [-0.1, -0.05) is 33.8 Å². The third-order valence-electron chi connectivity index (χ3n) is 1.56. The molecule has 0 aromatic carbocycles. The number of nitrogens with one attached hydrogen (secondary N) is 2. The minimum Gasteiger partial charge on any atom is -0.303 e. The van der Waals surface area contributed by atoms with E-state index in [1.807, 2.05) is 40.7 Å². The van der Waals surface area contributed by atoms with Gasteiger partial charge in [0.2, 0.25) is 0 Å². The maximum absolute atomic E-state index is 7.51. The third kappa shape index (κ3) is 6.26. The Kier molecular flexibility index (Phi) is 10.3. The zero-order valence-corrected chi connectivity index (χ0v) is 9.49. The Labute approximate surface area is 82.1 Å². The topological polar surface area (TPSA) is 47.7 Å². The molecule has 0 amide bonds. The van der Waals surface area contributed by atoms with Crippen LogP contribution >= 0.6 is 0 Å². The molecular formula is C11H22N2. The molecule has 76 valence electrons. The van der Waals surface area contributed by atoms with Gasteiger partial charge in [0.15, 0.2) is 0 Å². The van der Waals surface area contributed by atoms with E-state index in [1.54, 1.807) is 0 Å². The summed E-state index contributed by atoms with van der Waals surface area (Å²) in [5.41, 5.74) is 1.72. The fraction of sp³-hybridized carbons (Fsp3) is 0.636. The summed E-state index contributed by atoms with van der Waals surface area (Å²) in [5, 5.41) is 14.9. The van der Waals surface area contributed by atoms with Crippen LogP contribution in [0.1, 0.15) is 47.5 Å². The minimum atomic E-state index is 0.384. The van der Waals surface area contributed by atoms with Crippen molar-refractivity contribution in [2.24, 2.45) is 0 Å². The highest BCUT2D eigenvalue weighted by Crippen LogP contribution is 2.00. The van der Waals surface area contributed by atoms with Gasteiger partial charge in [-0.3, -0.25) is 5.41 Å². The number of hydrogen-bond acceptors (Lipinski definition) is 2. The average molecular weight is 182 g/mol. The van der Waals surface area contributed by atoms with Crippen molar-refractivity contribution < 1.29 is 0 Å². The minimum absolute atomic E-state index is 0.384. The van der Waals surface area contributed by atoms with Crippen LogP contribution in [0.5, 0.6) is 0 Å². The van der Waals surface area contributed by atoms with Crippen molar-refractivity contribution in [1.82, 2.24) is 0 Å². The van der Waals surface area contributed by atoms with E-state index in [-0.39, 0.29) is 0 Å². The highest BCUT2D eigenvalue weighted by Gasteiger charge is 2.02. The summed E-state index contributed by atoms with van der Waals surface area (Å²) in [6, 6.07) is 0. The molecule has 2 nitrogen and oxygen atoms in total. The first kappa shape index (κ1) is 14.6. The van der Waals surface area contributed by atoms with Crippen LogP contribution in [0.3, 0.4) is 0 Å². The van der Waals surface area contributed by atoms with Crippen molar-refractivity contribution in [2.75, 3.05) is 0 Å². The maximum atomic E-state index is 7.51. The monoisotopic (exact) mass is 182 g/mol. The van der Waals surface area contributed by atoms with Gasteiger partial charge in [0, 0.05) is 0 Å². The second-order valence-electron chi connectivity index (χ2n) is 2.50. The summed E-state index contributed by atoms with van der Waals surface area (Å²) < 4.78 is 0. The van der Waals surface area contributed by atoms with Gasteiger partial charge in [0.25, 0.3) is 0 Å². The normalized spacial score (nSPS) is 10.1. The van der Waals surface area contributed by atoms with Crippen LogP contribution in [0.25, 0.3) is 0 Å². The molecule has 0 unspecified atom stereocenters. The van der Waals surface area contributed by atoms with Crippen LogP contribution in [0.4, 0.5) is 0 Å². The highest BCUT2D eigenvalue weighted by molar-refractivity contribution is 6.45. The van der Waals surface area contributed by atoms with Gasteiger partial charge < -0.3 is 5.41 Å². The molecule has 2 N–H and O–H groups in total. The SMILES string of the molecule is CC.CC/C=C(/C)C(=N)C(=N)CC. The van der Waals surface area contributed by atoms with Crippen molar-refractivity contribution in [3.8, 4) is 0 Å². The summed E-state index contributed by atoms with van der Waals surface area (Å²) in [6.45, 7) is 9.82. The third-order valence-corrected chi connectivity index (χ3v) is 1.56. The van der Waals surface area contributed by atoms with Gasteiger partial charge in [-0.05, 0) is 25.3 Å². The molecule has 13 heavy (non-hydrogen) atoms. The lowest BCUT2D eigenvalue weighted by Crippen LogP contribution is -2.11. The van der Waals surface area contributed by atoms with Gasteiger partial charge in [-0.15, -0.1) is 0 Å². The van der Waals surface area contributed by atoms with Crippen molar-refractivity contribution in [3.63, 3.8) is 0 Å². The van der Waals surface area contributed by atoms with E-state index < -0.39 is 0 Å². The van der Waals surface area contributed by atoms with E-state index in [4.69, 9.17) is 10.8 Å². The molecule has 2 heteroatoms. The van der Waals surface area contributed by atoms with Crippen molar-refractivity contribution in [2.45, 2.75) is 47.5 Å². The van der Waals surface area contributed by atoms with E-state index >= 15 is 0 Å². The predicted octanol–water partition coefficient (Wildman–Crippen LogP) is 3.82. The fourth-order valence-electron chi connectivity index (χ4n) is 0.823. The molecule has 0 spiro atoms. The first-order chi connectivity index (χ1) is 6.13. The molecule has 0 aromatic rings. The Morgan fingerprint density at radius 2 is 1.62 bits per heavy atom. The van der Waals surface area contributed by atoms with Gasteiger partial charge in [-0.2, -0.15) is 0 Å². The first-order valence-electron chi connectivity index (χ1n) is 4.96. The van der Waals surface area contributed by atoms with Gasteiger partial charge >= 0.3 is 0 Å². The second kappa shape index (κ2) is 9.17. The van der Waals surface area contributed by atoms with Crippen LogP contribution in [-0.4, -0.2) is 11.4 Å². The molecule has 0 saturated carbocycles. The summed E-state index contributed by atoms with van der Waals surface area (Å²) in [4.78, 5) is 0. The zero-order valence-electron chi connectivity index (χ0n) is 9.49. The molecule has 0 atom stereocenters. The molecule has 0 heterocycles. The molecule has 0 aliphatic heterocycles. The highest BCUT2D eigenvalue weighted by atomic mass is 14.5. The molecular weight excluding hydrogens is 160 g/mol. The van der Waals surface area contributed by atoms with Crippen molar-refractivity contribution >= 4 is 11.4 Å². The molecule has 0 saturated heterocycles. The fourth-order valence-corrected chi connectivity index (χ4v) is 0.823. The van der Waals surface area contributed by atoms with Crippen LogP contribution in [0.2, 0.25) is 0 Å². The van der Waals surface area contributed by atoms with E-state index in [9.17, 15) is 0 Å². The smallest absolute Gasteiger partial charge is 0.0773 e. The number of allylic oxidation sites excluding steroid dienone is 2. The Hall–Kier alpha value is -0.920. The van der Waals surface area contributed by atoms with E-state index in [0.29, 0.717) is 17.8 Å². The molecule has 0 rings (SSSR count). The lowest BCUT2D eigenvalue weighted by atomic mass is 10.1. The Morgan fingerprint density at radius 3 is 1.92 bits per heavy atom. The van der Waals surface area contributed by atoms with E-state index in [2.05, 4.69) is 0 Å². The van der Waals surface area contributed by atoms with Crippen LogP contribution < -0.4 is 0 Å². The summed E-state index contributed by atoms with van der Waals surface area (Å²) in [7, 11) is 0. The molecule has 0 bridgehead atoms.